The second kappa shape index (κ2) is 9.25. The molecule has 1 aromatic rings. The number of rotatable bonds is 7. The number of hydroxylamine groups is 2. The van der Waals surface area contributed by atoms with Crippen molar-refractivity contribution >= 4 is 35.5 Å². The number of aliphatic carboxylic acids is 1. The van der Waals surface area contributed by atoms with E-state index in [1.807, 2.05) is 0 Å². The molecule has 0 bridgehead atoms. The SMILES string of the molecule is CN(C)n1nnnc1SCC(=O)N[C@H]1CON(C2(C(=O)[O-])CCC(=O)O2)C1=O.[Na+]. The zero-order valence-electron chi connectivity index (χ0n) is 15.9. The Labute approximate surface area is 190 Å². The fraction of sp³-hybridized carbons (Fsp3) is 0.615. The van der Waals surface area contributed by atoms with Crippen LogP contribution in [0.15, 0.2) is 5.16 Å². The third-order valence-corrected chi connectivity index (χ3v) is 4.85. The van der Waals surface area contributed by atoms with Gasteiger partial charge in [-0.15, -0.1) is 4.79 Å². The molecule has 1 N–H and O–H groups in total. The van der Waals surface area contributed by atoms with E-state index in [2.05, 4.69) is 20.8 Å². The smallest absolute Gasteiger partial charge is 0.544 e. The number of hydrogen-bond acceptors (Lipinski definition) is 12. The van der Waals surface area contributed by atoms with Crippen molar-refractivity contribution in [3.05, 3.63) is 0 Å². The van der Waals surface area contributed by atoms with E-state index >= 15 is 0 Å². The van der Waals surface area contributed by atoms with E-state index in [-0.39, 0.29) is 54.8 Å². The summed E-state index contributed by atoms with van der Waals surface area (Å²) in [6, 6.07) is -1.13. The molecule has 0 radical (unpaired) electrons. The van der Waals surface area contributed by atoms with Gasteiger partial charge < -0.3 is 20.0 Å². The molecule has 1 unspecified atom stereocenters. The van der Waals surface area contributed by atoms with Crippen molar-refractivity contribution < 1.29 is 63.4 Å². The van der Waals surface area contributed by atoms with Gasteiger partial charge in [-0.05, 0) is 10.4 Å². The molecule has 2 aliphatic heterocycles. The van der Waals surface area contributed by atoms with Crippen LogP contribution < -0.4 is 45.0 Å². The number of carboxylic acids is 1. The quantitative estimate of drug-likeness (QED) is 0.243. The number of esters is 1. The number of carbonyl (C=O) groups is 4. The minimum atomic E-state index is -2.32. The van der Waals surface area contributed by atoms with Gasteiger partial charge in [-0.25, -0.2) is 0 Å². The maximum atomic E-state index is 12.5. The maximum Gasteiger partial charge on any atom is 1.00 e. The van der Waals surface area contributed by atoms with Crippen LogP contribution in [0.2, 0.25) is 0 Å². The number of thioether (sulfide) groups is 1. The van der Waals surface area contributed by atoms with E-state index in [0.717, 1.165) is 11.8 Å². The zero-order chi connectivity index (χ0) is 20.5. The summed E-state index contributed by atoms with van der Waals surface area (Å²) in [5, 5.41) is 27.4. The second-order valence-corrected chi connectivity index (χ2v) is 7.02. The number of carbonyl (C=O) groups excluding carboxylic acids is 4. The van der Waals surface area contributed by atoms with E-state index in [1.54, 1.807) is 19.1 Å². The predicted molar refractivity (Wildman–Crippen MR) is 86.4 cm³/mol. The van der Waals surface area contributed by atoms with E-state index in [1.165, 1.54) is 4.79 Å². The first-order valence-electron chi connectivity index (χ1n) is 8.03. The number of nitrogens with one attached hydrogen (secondary N) is 1. The van der Waals surface area contributed by atoms with Crippen LogP contribution in [0.3, 0.4) is 0 Å². The largest absolute Gasteiger partial charge is 1.00 e. The number of nitrogens with zero attached hydrogens (tertiary/aromatic N) is 6. The number of amides is 2. The van der Waals surface area contributed by atoms with Gasteiger partial charge in [0.25, 0.3) is 11.6 Å². The van der Waals surface area contributed by atoms with Gasteiger partial charge >= 0.3 is 35.5 Å². The Morgan fingerprint density at radius 2 is 2.14 bits per heavy atom. The summed E-state index contributed by atoms with van der Waals surface area (Å²) < 4.78 is 4.78. The summed E-state index contributed by atoms with van der Waals surface area (Å²) in [4.78, 5) is 53.9. The number of cyclic esters (lactones) is 1. The molecule has 0 spiro atoms. The molecule has 1 aromatic heterocycles. The first-order chi connectivity index (χ1) is 13.2. The molecular formula is C13H16N7NaO7S. The Balaban J connectivity index is 0.00000300. The van der Waals surface area contributed by atoms with Gasteiger partial charge in [-0.3, -0.25) is 24.2 Å². The normalized spacial score (nSPS) is 23.5. The summed E-state index contributed by atoms with van der Waals surface area (Å²) in [6.45, 7) is -0.308. The van der Waals surface area contributed by atoms with Crippen molar-refractivity contribution in [2.75, 3.05) is 31.5 Å². The fourth-order valence-corrected chi connectivity index (χ4v) is 3.37. The van der Waals surface area contributed by atoms with E-state index in [0.29, 0.717) is 10.2 Å². The summed E-state index contributed by atoms with van der Waals surface area (Å²) in [5.41, 5.74) is -2.32. The molecule has 2 aliphatic rings. The van der Waals surface area contributed by atoms with Crippen LogP contribution in [-0.2, 0) is 28.8 Å². The molecule has 152 valence electrons. The van der Waals surface area contributed by atoms with Crippen LogP contribution in [0.1, 0.15) is 12.8 Å². The zero-order valence-corrected chi connectivity index (χ0v) is 18.7. The fourth-order valence-electron chi connectivity index (χ4n) is 2.62. The van der Waals surface area contributed by atoms with Gasteiger partial charge in [0, 0.05) is 20.5 Å². The first kappa shape index (κ1) is 23.3. The topological polar surface area (TPSA) is 172 Å². The maximum absolute atomic E-state index is 12.5. The molecule has 2 amide bonds. The summed E-state index contributed by atoms with van der Waals surface area (Å²) >= 11 is 1.04. The number of ether oxygens (including phenoxy) is 1. The van der Waals surface area contributed by atoms with Crippen LogP contribution >= 0.6 is 11.8 Å². The number of aromatic nitrogens is 4. The van der Waals surface area contributed by atoms with Gasteiger partial charge in [-0.1, -0.05) is 16.9 Å². The Morgan fingerprint density at radius 3 is 2.72 bits per heavy atom. The minimum Gasteiger partial charge on any atom is -0.544 e. The number of hydrogen-bond donors (Lipinski definition) is 1. The van der Waals surface area contributed by atoms with Crippen molar-refractivity contribution in [3.63, 3.8) is 0 Å². The molecule has 29 heavy (non-hydrogen) atoms. The molecule has 2 fully saturated rings. The van der Waals surface area contributed by atoms with Crippen molar-refractivity contribution in [1.29, 1.82) is 0 Å². The average Bonchev–Trinajstić information content (AvgIpc) is 3.33. The number of carboxylic acid groups (broad SMARTS) is 1. The van der Waals surface area contributed by atoms with Crippen molar-refractivity contribution in [3.8, 4) is 0 Å². The van der Waals surface area contributed by atoms with E-state index in [9.17, 15) is 24.3 Å². The molecule has 3 rings (SSSR count). The summed E-state index contributed by atoms with van der Waals surface area (Å²) in [6.07, 6.45) is -0.501. The molecule has 0 aliphatic carbocycles. The molecule has 2 atom stereocenters. The van der Waals surface area contributed by atoms with Crippen LogP contribution in [0, 0.1) is 0 Å². The molecule has 0 aromatic carbocycles. The van der Waals surface area contributed by atoms with Crippen molar-refractivity contribution in [2.24, 2.45) is 0 Å². The molecule has 2 saturated heterocycles. The van der Waals surface area contributed by atoms with Gasteiger partial charge in [0.2, 0.25) is 11.1 Å². The third-order valence-electron chi connectivity index (χ3n) is 3.94. The molecule has 3 heterocycles. The minimum absolute atomic E-state index is 0. The monoisotopic (exact) mass is 437 g/mol. The molecule has 14 nitrogen and oxygen atoms in total. The van der Waals surface area contributed by atoms with Crippen LogP contribution in [0.25, 0.3) is 0 Å². The Hall–Kier alpha value is -1.94. The van der Waals surface area contributed by atoms with Crippen molar-refractivity contribution in [2.45, 2.75) is 29.8 Å². The van der Waals surface area contributed by atoms with E-state index in [4.69, 9.17) is 9.57 Å². The average molecular weight is 437 g/mol. The Bertz CT molecular complexity index is 821. The van der Waals surface area contributed by atoms with Gasteiger partial charge in [0.05, 0.1) is 12.2 Å². The Morgan fingerprint density at radius 1 is 1.41 bits per heavy atom. The van der Waals surface area contributed by atoms with E-state index < -0.39 is 35.5 Å². The molecule has 16 heteroatoms. The summed E-state index contributed by atoms with van der Waals surface area (Å²) in [5.74, 6) is -4.03. The summed E-state index contributed by atoms with van der Waals surface area (Å²) in [7, 11) is 3.43. The Kier molecular flexibility index (Phi) is 7.45. The van der Waals surface area contributed by atoms with Crippen LogP contribution in [-0.4, -0.2) is 87.4 Å². The van der Waals surface area contributed by atoms with Gasteiger partial charge in [0.15, 0.2) is 0 Å². The van der Waals surface area contributed by atoms with Gasteiger partial charge in [-0.2, -0.15) is 5.06 Å². The van der Waals surface area contributed by atoms with Crippen molar-refractivity contribution in [1.82, 2.24) is 30.7 Å². The molecule has 0 saturated carbocycles. The van der Waals surface area contributed by atoms with Crippen LogP contribution in [0.5, 0.6) is 0 Å². The van der Waals surface area contributed by atoms with Crippen LogP contribution in [0.4, 0.5) is 0 Å². The first-order valence-corrected chi connectivity index (χ1v) is 9.01. The second-order valence-electron chi connectivity index (χ2n) is 6.08. The third kappa shape index (κ3) is 4.63. The standard InChI is InChI=1S/C13H17N7O7S.Na/c1-18(2)20-12(15-16-17-20)28-6-8(21)14-7-5-26-19(10(7)23)13(11(24)25)4-3-9(22)27-13;/h7H,3-6H2,1-2H3,(H,14,21)(H,24,25);/q;+1/p-1/t7-,13?;/m0./s1. The molecular weight excluding hydrogens is 421 g/mol. The van der Waals surface area contributed by atoms with Gasteiger partial charge in [0.1, 0.15) is 18.6 Å². The number of tetrazole rings is 1. The predicted octanol–water partition coefficient (Wildman–Crippen LogP) is -6.99.